The number of aliphatic hydroxyl groups excluding tert-OH is 2. The van der Waals surface area contributed by atoms with Crippen molar-refractivity contribution >= 4 is 56.9 Å². The number of Topliss-reactive ketones (excluding diaryl/α,β-unsaturated/α-hetero) is 1. The summed E-state index contributed by atoms with van der Waals surface area (Å²) >= 11 is 0. The van der Waals surface area contributed by atoms with Gasteiger partial charge in [0, 0.05) is 112 Å². The summed E-state index contributed by atoms with van der Waals surface area (Å²) in [5.41, 5.74) is -3.37. The van der Waals surface area contributed by atoms with Crippen molar-refractivity contribution < 1.29 is 81.9 Å². The van der Waals surface area contributed by atoms with E-state index in [9.17, 15) is 59.0 Å². The number of aromatic carboxylic acids is 1. The number of amides is 1. The zero-order valence-electron chi connectivity index (χ0n) is 45.2. The minimum absolute atomic E-state index is 0.00407. The van der Waals surface area contributed by atoms with Crippen LogP contribution >= 0.6 is 0 Å². The number of carbonyl (C=O) groups is 4. The number of phenolic OH excluding ortho intramolecular Hbond substituents is 3. The molecule has 0 unspecified atom stereocenters. The highest BCUT2D eigenvalue weighted by molar-refractivity contribution is 6.22. The number of phenols is 3. The molecule has 0 spiro atoms. The van der Waals surface area contributed by atoms with E-state index < -0.39 is 134 Å². The number of esters is 1. The Labute approximate surface area is 456 Å². The van der Waals surface area contributed by atoms with Crippen molar-refractivity contribution in [3.63, 3.8) is 0 Å². The van der Waals surface area contributed by atoms with Crippen molar-refractivity contribution in [2.24, 2.45) is 23.7 Å². The predicted molar refractivity (Wildman–Crippen MR) is 285 cm³/mol. The maximum absolute atomic E-state index is 16.1. The van der Waals surface area contributed by atoms with E-state index in [0.29, 0.717) is 6.07 Å². The Balaban J connectivity index is 1.20. The van der Waals surface area contributed by atoms with Gasteiger partial charge in [0.25, 0.3) is 11.7 Å². The Bertz CT molecular complexity index is 3500. The normalized spacial score (nSPS) is 26.6. The molecule has 1 saturated heterocycles. The molecule has 6 heterocycles. The number of ether oxygens (including phenoxy) is 4. The lowest BCUT2D eigenvalue weighted by Crippen LogP contribution is -2.46. The van der Waals surface area contributed by atoms with Crippen LogP contribution in [0.2, 0.25) is 0 Å². The lowest BCUT2D eigenvalue weighted by Gasteiger charge is -2.38. The summed E-state index contributed by atoms with van der Waals surface area (Å²) < 4.78 is 70.0. The van der Waals surface area contributed by atoms with Crippen molar-refractivity contribution in [2.45, 2.75) is 92.1 Å². The third-order valence-electron chi connectivity index (χ3n) is 15.5. The summed E-state index contributed by atoms with van der Waals surface area (Å²) in [6.07, 6.45) is 3.76. The van der Waals surface area contributed by atoms with Crippen LogP contribution in [-0.4, -0.2) is 132 Å². The summed E-state index contributed by atoms with van der Waals surface area (Å²) in [5, 5.41) is 71.0. The molecule has 3 aromatic carbocycles. The fourth-order valence-corrected chi connectivity index (χ4v) is 10.7. The lowest BCUT2D eigenvalue weighted by molar-refractivity contribution is -0.160. The van der Waals surface area contributed by atoms with E-state index in [1.807, 2.05) is 0 Å². The number of nitrogens with one attached hydrogen (secondary N) is 1. The van der Waals surface area contributed by atoms with Gasteiger partial charge in [0.15, 0.2) is 23.0 Å². The van der Waals surface area contributed by atoms with Crippen LogP contribution < -0.4 is 20.4 Å². The van der Waals surface area contributed by atoms with Crippen molar-refractivity contribution in [2.75, 3.05) is 43.5 Å². The van der Waals surface area contributed by atoms with Crippen LogP contribution in [0, 0.1) is 48.0 Å². The van der Waals surface area contributed by atoms with Crippen molar-refractivity contribution in [1.29, 1.82) is 0 Å². The molecule has 9 rings (SSSR count). The maximum atomic E-state index is 16.1. The van der Waals surface area contributed by atoms with Crippen LogP contribution in [-0.2, 0) is 30.3 Å². The predicted octanol–water partition coefficient (Wildman–Crippen LogP) is 6.89. The topological polar surface area (TPSA) is 280 Å². The number of nitrogens with zero attached hydrogens (tertiary/aromatic N) is 4. The third-order valence-corrected chi connectivity index (χ3v) is 15.5. The van der Waals surface area contributed by atoms with Gasteiger partial charge in [0.2, 0.25) is 5.43 Å². The van der Waals surface area contributed by atoms with Crippen LogP contribution in [0.3, 0.4) is 0 Å². The molecule has 9 atom stereocenters. The SMILES string of the molecule is CO[C@H]1/C=C/O[C@@]2(C)Oc3c(C)c(O)c4c(O)c(c(CN5CCN(c6nc7c(cc6F)c(=O)c(C(=O)O)cn7-c6ccc(F)cc6F)CC5)c(O)c4c3C2=O)NC(=O)/C(C)=C\C=C\[C@H](C)[C@H](O)[C@@H](C)[C@@H](O)[C@@H](C)[C@H](OC(C)=O)[C@@H]1C. The van der Waals surface area contributed by atoms with Gasteiger partial charge < -0.3 is 59.8 Å². The summed E-state index contributed by atoms with van der Waals surface area (Å²) in [5.74, 6) is -14.5. The molecule has 0 aliphatic carbocycles. The minimum atomic E-state index is -2.17. The van der Waals surface area contributed by atoms with Gasteiger partial charge >= 0.3 is 17.7 Å². The largest absolute Gasteiger partial charge is 0.507 e. The Kier molecular flexibility index (Phi) is 16.5. The highest BCUT2D eigenvalue weighted by Crippen LogP contribution is 2.55. The summed E-state index contributed by atoms with van der Waals surface area (Å²) in [6.45, 7) is 12.0. The second-order valence-electron chi connectivity index (χ2n) is 20.8. The lowest BCUT2D eigenvalue weighted by atomic mass is 9.78. The standard InChI is InChI=1S/C57H62F3N5O15/c1-25-11-10-12-26(2)55(74)61-43-34(23-63-16-18-64(19-17-63)54-37(60)22-33-47(70)35(56(75)76)24-65(53(33)62-54)38-14-13-32(58)21-36(38)59)48(71)40-41(49(43)72)46(69)30(6)51-42(40)52(73)57(8,80-51)78-20-15-39(77-9)27(3)50(79-31(7)66)29(5)45(68)28(4)44(25)67/h10-15,20-22,24-25,27-29,39,44-45,50,67-69,71-72H,16-19,23H2,1-9H3,(H,61,74)(H,75,76)/b11-10+,20-15+,26-12-/t25-,27+,28+,29+,39-,44-,45+,50+,57-/m0/s1. The van der Waals surface area contributed by atoms with E-state index in [2.05, 4.69) is 10.3 Å². The quantitative estimate of drug-likeness (QED) is 0.0496. The first-order chi connectivity index (χ1) is 37.7. The molecule has 1 amide bonds. The number of carbonyl (C=O) groups excluding carboxylic acids is 3. The highest BCUT2D eigenvalue weighted by Gasteiger charge is 2.50. The van der Waals surface area contributed by atoms with Crippen molar-refractivity contribution in [3.8, 4) is 28.7 Å². The van der Waals surface area contributed by atoms with Gasteiger partial charge in [-0.25, -0.2) is 22.9 Å². The molecular formula is C57H62F3N5O15. The molecule has 5 bridgehead atoms. The average Bonchev–Trinajstić information content (AvgIpc) is 3.87. The van der Waals surface area contributed by atoms with Gasteiger partial charge in [0.1, 0.15) is 40.6 Å². The number of carboxylic acid groups (broad SMARTS) is 1. The first-order valence-corrected chi connectivity index (χ1v) is 25.7. The molecule has 4 aliphatic rings. The van der Waals surface area contributed by atoms with E-state index in [4.69, 9.17) is 18.9 Å². The number of aromatic hydroxyl groups is 3. The van der Waals surface area contributed by atoms with Crippen LogP contribution in [0.25, 0.3) is 27.5 Å². The van der Waals surface area contributed by atoms with Gasteiger partial charge in [0.05, 0.1) is 52.3 Å². The molecule has 5 aromatic rings. The molecule has 23 heteroatoms. The summed E-state index contributed by atoms with van der Waals surface area (Å²) in [6, 6.07) is 3.26. The van der Waals surface area contributed by atoms with Gasteiger partial charge in [-0.2, -0.15) is 0 Å². The van der Waals surface area contributed by atoms with Gasteiger partial charge in [-0.15, -0.1) is 0 Å². The smallest absolute Gasteiger partial charge is 0.341 e. The number of aliphatic hydroxyl groups is 2. The number of hydrogen-bond acceptors (Lipinski definition) is 17. The summed E-state index contributed by atoms with van der Waals surface area (Å²) in [4.78, 5) is 74.4. The van der Waals surface area contributed by atoms with Gasteiger partial charge in [-0.1, -0.05) is 45.9 Å². The van der Waals surface area contributed by atoms with E-state index in [1.165, 1.54) is 57.9 Å². The highest BCUT2D eigenvalue weighted by atomic mass is 19.1. The molecule has 7 N–H and O–H groups in total. The molecular weight excluding hydrogens is 1050 g/mol. The molecule has 1 fully saturated rings. The monoisotopic (exact) mass is 1110 g/mol. The Morgan fingerprint density at radius 3 is 2.21 bits per heavy atom. The number of pyridine rings is 2. The second-order valence-corrected chi connectivity index (χ2v) is 20.8. The number of anilines is 2. The zero-order valence-corrected chi connectivity index (χ0v) is 45.2. The van der Waals surface area contributed by atoms with Crippen LogP contribution in [0.5, 0.6) is 23.0 Å². The van der Waals surface area contributed by atoms with Gasteiger partial charge in [-0.05, 0) is 38.1 Å². The Hall–Kier alpha value is -7.99. The second kappa shape index (κ2) is 22.6. The van der Waals surface area contributed by atoms with Crippen LogP contribution in [0.4, 0.5) is 24.7 Å². The average molecular weight is 1110 g/mol. The van der Waals surface area contributed by atoms with Crippen molar-refractivity contribution in [3.05, 3.63) is 117 Å². The first kappa shape index (κ1) is 58.2. The minimum Gasteiger partial charge on any atom is -0.507 e. The van der Waals surface area contributed by atoms with E-state index in [-0.39, 0.29) is 89.0 Å². The number of ketones is 1. The molecule has 4 aliphatic heterocycles. The molecule has 20 nitrogen and oxygen atoms in total. The Morgan fingerprint density at radius 1 is 0.887 bits per heavy atom. The number of carboxylic acids is 1. The fourth-order valence-electron chi connectivity index (χ4n) is 10.7. The van der Waals surface area contributed by atoms with E-state index >= 15 is 8.78 Å². The Morgan fingerprint density at radius 2 is 1.57 bits per heavy atom. The van der Waals surface area contributed by atoms with Crippen LogP contribution in [0.1, 0.15) is 80.3 Å². The number of fused-ring (bicyclic) bond motifs is 15. The number of rotatable bonds is 7. The van der Waals surface area contributed by atoms with E-state index in [1.54, 1.807) is 38.7 Å². The number of allylic oxidation sites excluding steroid dienone is 2. The number of benzene rings is 3. The molecule has 0 radical (unpaired) electrons. The molecule has 426 valence electrons. The van der Waals surface area contributed by atoms with Crippen molar-refractivity contribution in [1.82, 2.24) is 14.5 Å². The number of piperazine rings is 1. The number of hydrogen-bond donors (Lipinski definition) is 7. The maximum Gasteiger partial charge on any atom is 0.341 e. The summed E-state index contributed by atoms with van der Waals surface area (Å²) in [7, 11) is 1.39. The number of methoxy groups -OCH3 is 1. The molecule has 2 aromatic heterocycles. The number of halogens is 3. The molecule has 0 saturated carbocycles. The first-order valence-electron chi connectivity index (χ1n) is 25.7. The third kappa shape index (κ3) is 10.6. The number of aromatic nitrogens is 2. The van der Waals surface area contributed by atoms with Gasteiger partial charge in [-0.3, -0.25) is 28.6 Å². The zero-order chi connectivity index (χ0) is 58.6. The fraction of sp³-hybridized carbons (Fsp3) is 0.404. The molecule has 80 heavy (non-hydrogen) atoms. The van der Waals surface area contributed by atoms with Crippen LogP contribution in [0.15, 0.2) is 71.4 Å². The van der Waals surface area contributed by atoms with E-state index in [0.717, 1.165) is 35.2 Å².